The summed E-state index contributed by atoms with van der Waals surface area (Å²) in [5.74, 6) is 2.54. The fraction of sp³-hybridized carbons (Fsp3) is 0.533. The number of piperidine rings is 2. The van der Waals surface area contributed by atoms with E-state index in [0.29, 0.717) is 38.0 Å². The lowest BCUT2D eigenvalue weighted by Crippen LogP contribution is -2.55. The van der Waals surface area contributed by atoms with Crippen molar-refractivity contribution in [3.63, 3.8) is 0 Å². The van der Waals surface area contributed by atoms with Gasteiger partial charge in [-0.05, 0) is 36.8 Å². The minimum atomic E-state index is 0.0109. The van der Waals surface area contributed by atoms with Gasteiger partial charge in [0, 0.05) is 52.7 Å². The van der Waals surface area contributed by atoms with E-state index >= 15 is 0 Å². The molecule has 4 aromatic heterocycles. The Morgan fingerprint density at radius 1 is 0.791 bits per heavy atom. The van der Waals surface area contributed by atoms with Gasteiger partial charge in [0.15, 0.2) is 0 Å². The number of likely N-dealkylation sites (tertiary alicyclic amines) is 2. The summed E-state index contributed by atoms with van der Waals surface area (Å²) in [5, 5.41) is 5.07. The van der Waals surface area contributed by atoms with Crippen LogP contribution in [0.1, 0.15) is 26.7 Å². The average molecular weight is 588 g/mol. The summed E-state index contributed by atoms with van der Waals surface area (Å²) in [4.78, 5) is 58.6. The molecule has 4 aromatic rings. The van der Waals surface area contributed by atoms with Crippen LogP contribution in [0, 0.1) is 11.8 Å². The lowest BCUT2D eigenvalue weighted by Gasteiger charge is -2.42. The second-order valence-corrected chi connectivity index (χ2v) is 12.0. The molecular formula is C30H41N11O2. The second-order valence-electron chi connectivity index (χ2n) is 12.0. The number of amides is 2. The number of anilines is 2. The van der Waals surface area contributed by atoms with Crippen LogP contribution in [0.4, 0.5) is 11.6 Å². The normalized spacial score (nSPS) is 22.7. The SMILES string of the molecule is C[C@H]1CCN(C(=O)CNCC(=O)N2CC[C@H](C)[C@H](N(C)c3ncnc4[nH]ccc34)C2)C[C@H]1N(C)c1ncnc2[nH]ccc12. The summed E-state index contributed by atoms with van der Waals surface area (Å²) in [6.07, 6.45) is 8.69. The van der Waals surface area contributed by atoms with Crippen molar-refractivity contribution in [1.29, 1.82) is 0 Å². The van der Waals surface area contributed by atoms with Gasteiger partial charge in [-0.1, -0.05) is 13.8 Å². The number of nitrogens with one attached hydrogen (secondary N) is 3. The van der Waals surface area contributed by atoms with Crippen LogP contribution in [0.25, 0.3) is 22.1 Å². The molecule has 2 saturated heterocycles. The number of H-pyrrole nitrogens is 2. The van der Waals surface area contributed by atoms with Crippen molar-refractivity contribution < 1.29 is 9.59 Å². The van der Waals surface area contributed by atoms with E-state index in [0.717, 1.165) is 46.5 Å². The third kappa shape index (κ3) is 5.73. The highest BCUT2D eigenvalue weighted by atomic mass is 16.2. The Hall–Kier alpha value is -4.26. The molecule has 2 aliphatic heterocycles. The zero-order valence-electron chi connectivity index (χ0n) is 25.3. The highest BCUT2D eigenvalue weighted by Gasteiger charge is 2.34. The third-order valence-electron chi connectivity index (χ3n) is 9.42. The van der Waals surface area contributed by atoms with Gasteiger partial charge in [0.25, 0.3) is 0 Å². The average Bonchev–Trinajstić information content (AvgIpc) is 3.70. The highest BCUT2D eigenvalue weighted by molar-refractivity contribution is 5.88. The Labute approximate surface area is 251 Å². The predicted octanol–water partition coefficient (Wildman–Crippen LogP) is 1.87. The van der Waals surface area contributed by atoms with E-state index in [4.69, 9.17) is 0 Å². The summed E-state index contributed by atoms with van der Waals surface area (Å²) in [6, 6.07) is 4.22. The molecule has 6 rings (SSSR count). The molecule has 0 unspecified atom stereocenters. The first kappa shape index (κ1) is 28.8. The molecule has 2 aliphatic rings. The van der Waals surface area contributed by atoms with Crippen molar-refractivity contribution in [3.05, 3.63) is 37.2 Å². The molecule has 4 atom stereocenters. The smallest absolute Gasteiger partial charge is 0.236 e. The molecule has 2 fully saturated rings. The fourth-order valence-corrected chi connectivity index (χ4v) is 6.65. The number of fused-ring (bicyclic) bond motifs is 2. The first-order chi connectivity index (χ1) is 20.8. The number of likely N-dealkylation sites (N-methyl/N-ethyl adjacent to an activating group) is 2. The molecule has 0 saturated carbocycles. The maximum atomic E-state index is 13.2. The van der Waals surface area contributed by atoms with E-state index in [9.17, 15) is 9.59 Å². The number of rotatable bonds is 8. The summed E-state index contributed by atoms with van der Waals surface area (Å²) in [6.45, 7) is 7.35. The summed E-state index contributed by atoms with van der Waals surface area (Å²) >= 11 is 0. The van der Waals surface area contributed by atoms with Crippen molar-refractivity contribution in [2.24, 2.45) is 11.8 Å². The molecule has 0 aliphatic carbocycles. The van der Waals surface area contributed by atoms with E-state index < -0.39 is 0 Å². The zero-order chi connectivity index (χ0) is 30.1. The Morgan fingerprint density at radius 2 is 1.23 bits per heavy atom. The van der Waals surface area contributed by atoms with Gasteiger partial charge in [0.05, 0.1) is 35.9 Å². The van der Waals surface area contributed by atoms with Crippen molar-refractivity contribution in [2.75, 3.05) is 63.2 Å². The maximum Gasteiger partial charge on any atom is 0.236 e. The Kier molecular flexibility index (Phi) is 8.15. The molecule has 6 heterocycles. The Morgan fingerprint density at radius 3 is 1.67 bits per heavy atom. The lowest BCUT2D eigenvalue weighted by molar-refractivity contribution is -0.133. The fourth-order valence-electron chi connectivity index (χ4n) is 6.65. The molecule has 13 nitrogen and oxygen atoms in total. The number of carbonyl (C=O) groups is 2. The number of hydrogen-bond donors (Lipinski definition) is 3. The number of hydrogen-bond acceptors (Lipinski definition) is 9. The van der Waals surface area contributed by atoms with Crippen LogP contribution in [0.3, 0.4) is 0 Å². The number of aromatic nitrogens is 6. The second kappa shape index (κ2) is 12.2. The van der Waals surface area contributed by atoms with Crippen LogP contribution < -0.4 is 15.1 Å². The predicted molar refractivity (Wildman–Crippen MR) is 166 cm³/mol. The van der Waals surface area contributed by atoms with E-state index in [1.54, 1.807) is 12.7 Å². The van der Waals surface area contributed by atoms with Crippen molar-refractivity contribution in [2.45, 2.75) is 38.8 Å². The number of nitrogens with zero attached hydrogens (tertiary/aromatic N) is 8. The number of aromatic amines is 2. The molecule has 0 aromatic carbocycles. The van der Waals surface area contributed by atoms with Crippen molar-refractivity contribution >= 4 is 45.5 Å². The summed E-state index contributed by atoms with van der Waals surface area (Å²) in [7, 11) is 4.08. The Balaban J connectivity index is 1.02. The van der Waals surface area contributed by atoms with Crippen LogP contribution >= 0.6 is 0 Å². The van der Waals surface area contributed by atoms with E-state index in [-0.39, 0.29) is 37.0 Å². The van der Waals surface area contributed by atoms with Gasteiger partial charge in [-0.15, -0.1) is 0 Å². The molecule has 13 heteroatoms. The molecule has 0 radical (unpaired) electrons. The van der Waals surface area contributed by atoms with Gasteiger partial charge in [-0.3, -0.25) is 14.9 Å². The van der Waals surface area contributed by atoms with Gasteiger partial charge in [-0.25, -0.2) is 19.9 Å². The van der Waals surface area contributed by atoms with Gasteiger partial charge in [0.2, 0.25) is 11.8 Å². The summed E-state index contributed by atoms with van der Waals surface area (Å²) < 4.78 is 0. The van der Waals surface area contributed by atoms with E-state index in [1.165, 1.54) is 0 Å². The maximum absolute atomic E-state index is 13.2. The van der Waals surface area contributed by atoms with Crippen LogP contribution in [-0.4, -0.2) is 117 Å². The minimum absolute atomic E-state index is 0.0109. The first-order valence-electron chi connectivity index (χ1n) is 15.1. The minimum Gasteiger partial charge on any atom is -0.354 e. The van der Waals surface area contributed by atoms with Crippen LogP contribution in [0.15, 0.2) is 37.2 Å². The molecule has 3 N–H and O–H groups in total. The zero-order valence-corrected chi connectivity index (χ0v) is 25.3. The highest BCUT2D eigenvalue weighted by Crippen LogP contribution is 2.30. The topological polar surface area (TPSA) is 142 Å². The monoisotopic (exact) mass is 587 g/mol. The number of carbonyl (C=O) groups excluding carboxylic acids is 2. The van der Waals surface area contributed by atoms with E-state index in [2.05, 4.69) is 58.9 Å². The lowest BCUT2D eigenvalue weighted by atomic mass is 9.92. The van der Waals surface area contributed by atoms with E-state index in [1.807, 2.05) is 48.4 Å². The molecule has 0 bridgehead atoms. The van der Waals surface area contributed by atoms with Crippen molar-refractivity contribution in [1.82, 2.24) is 45.0 Å². The van der Waals surface area contributed by atoms with Gasteiger partial charge < -0.3 is 29.6 Å². The summed E-state index contributed by atoms with van der Waals surface area (Å²) in [5.41, 5.74) is 1.60. The first-order valence-corrected chi connectivity index (χ1v) is 15.1. The standard InChI is InChI=1S/C30H41N11O2/c1-19-7-11-40(15-23(19)38(3)29-21-5-9-32-27(21)34-17-36-29)25(42)13-31-14-26(43)41-12-8-20(2)24(16-41)39(4)30-22-6-10-33-28(22)35-18-37-30/h5-6,9-10,17-20,23-24,31H,7-8,11-16H2,1-4H3,(H,32,34,36)(H,33,35,37)/t19-,20-,23+,24+/m0/s1. The Bertz CT molecular complexity index is 1470. The van der Waals surface area contributed by atoms with Gasteiger partial charge >= 0.3 is 0 Å². The molecule has 2 amide bonds. The van der Waals surface area contributed by atoms with Gasteiger partial charge in [-0.2, -0.15) is 0 Å². The molecule has 43 heavy (non-hydrogen) atoms. The quantitative estimate of drug-likeness (QED) is 0.282. The molecule has 228 valence electrons. The molecule has 0 spiro atoms. The largest absolute Gasteiger partial charge is 0.354 e. The van der Waals surface area contributed by atoms with Crippen molar-refractivity contribution in [3.8, 4) is 0 Å². The van der Waals surface area contributed by atoms with Crippen LogP contribution in [0.5, 0.6) is 0 Å². The third-order valence-corrected chi connectivity index (χ3v) is 9.42. The van der Waals surface area contributed by atoms with Crippen LogP contribution in [-0.2, 0) is 9.59 Å². The van der Waals surface area contributed by atoms with Crippen LogP contribution in [0.2, 0.25) is 0 Å². The van der Waals surface area contributed by atoms with Gasteiger partial charge in [0.1, 0.15) is 35.6 Å². The molecular weight excluding hydrogens is 546 g/mol.